The van der Waals surface area contributed by atoms with E-state index in [9.17, 15) is 14.4 Å². The van der Waals surface area contributed by atoms with Gasteiger partial charge in [-0.3, -0.25) is 14.9 Å². The molecule has 5 rings (SSSR count). The van der Waals surface area contributed by atoms with Crippen LogP contribution in [0.1, 0.15) is 28.4 Å². The van der Waals surface area contributed by atoms with E-state index in [-0.39, 0.29) is 11.8 Å². The number of urea groups is 1. The number of guanidine groups is 1. The molecule has 0 radical (unpaired) electrons. The molecule has 2 atom stereocenters. The Kier molecular flexibility index (Phi) is 7.04. The first-order chi connectivity index (χ1) is 17.8. The fraction of sp³-hybridized carbons (Fsp3) is 0.500. The smallest absolute Gasteiger partial charge is 0.325 e. The van der Waals surface area contributed by atoms with Crippen molar-refractivity contribution in [1.82, 2.24) is 34.9 Å². The first kappa shape index (κ1) is 25.1. The summed E-state index contributed by atoms with van der Waals surface area (Å²) in [5.74, 6) is 1.29. The van der Waals surface area contributed by atoms with Crippen molar-refractivity contribution >= 4 is 35.6 Å². The van der Waals surface area contributed by atoms with Crippen LogP contribution in [0.25, 0.3) is 0 Å². The molecule has 5 heterocycles. The molecule has 196 valence electrons. The Hall–Kier alpha value is -3.61. The van der Waals surface area contributed by atoms with E-state index in [1.54, 1.807) is 35.8 Å². The molecule has 1 N–H and O–H groups in total. The van der Waals surface area contributed by atoms with Crippen LogP contribution in [0.2, 0.25) is 0 Å². The number of fused-ring (bicyclic) bond motifs is 1. The number of piperazine rings is 1. The molecule has 2 saturated heterocycles. The number of imide groups is 1. The van der Waals surface area contributed by atoms with Crippen LogP contribution in [0.3, 0.4) is 0 Å². The summed E-state index contributed by atoms with van der Waals surface area (Å²) in [5, 5.41) is 3.19. The molecule has 0 saturated carbocycles. The lowest BCUT2D eigenvalue weighted by atomic mass is 10.1. The van der Waals surface area contributed by atoms with Crippen molar-refractivity contribution in [3.8, 4) is 0 Å². The molecule has 13 heteroatoms. The van der Waals surface area contributed by atoms with Crippen molar-refractivity contribution < 1.29 is 18.8 Å². The predicted molar refractivity (Wildman–Crippen MR) is 136 cm³/mol. The summed E-state index contributed by atoms with van der Waals surface area (Å²) < 4.78 is 5.26. The van der Waals surface area contributed by atoms with Gasteiger partial charge >= 0.3 is 6.03 Å². The van der Waals surface area contributed by atoms with E-state index in [4.69, 9.17) is 9.41 Å². The largest absolute Gasteiger partial charge is 0.459 e. The first-order valence-electron chi connectivity index (χ1n) is 12.3. The quantitative estimate of drug-likeness (QED) is 0.335. The summed E-state index contributed by atoms with van der Waals surface area (Å²) in [6.07, 6.45) is 1.67. The molecule has 0 bridgehead atoms. The van der Waals surface area contributed by atoms with Gasteiger partial charge in [-0.15, -0.1) is 0 Å². The second-order valence-corrected chi connectivity index (χ2v) is 10.3. The molecule has 4 amide bonds. The van der Waals surface area contributed by atoms with E-state index < -0.39 is 18.2 Å². The van der Waals surface area contributed by atoms with Crippen molar-refractivity contribution in [2.24, 2.45) is 4.99 Å². The number of aromatic nitrogens is 2. The monoisotopic (exact) mass is 526 g/mol. The van der Waals surface area contributed by atoms with Gasteiger partial charge in [-0.1, -0.05) is 11.8 Å². The minimum atomic E-state index is -0.594. The van der Waals surface area contributed by atoms with E-state index in [1.807, 2.05) is 24.8 Å². The third-order valence-corrected chi connectivity index (χ3v) is 7.59. The van der Waals surface area contributed by atoms with Crippen LogP contribution in [-0.4, -0.2) is 111 Å². The average molecular weight is 527 g/mol. The number of hydrogen-bond acceptors (Lipinski definition) is 10. The summed E-state index contributed by atoms with van der Waals surface area (Å²) >= 11 is 1.58. The Morgan fingerprint density at radius 2 is 1.89 bits per heavy atom. The first-order valence-corrected chi connectivity index (χ1v) is 13.3. The molecule has 0 aliphatic carbocycles. The fourth-order valence-electron chi connectivity index (χ4n) is 4.84. The average Bonchev–Trinajstić information content (AvgIpc) is 3.53. The molecular formula is C24H30N8O4S. The van der Waals surface area contributed by atoms with Gasteiger partial charge in [-0.05, 0) is 38.5 Å². The summed E-state index contributed by atoms with van der Waals surface area (Å²) in [6.45, 7) is 6.61. The lowest BCUT2D eigenvalue weighted by Gasteiger charge is -2.40. The topological polar surface area (TPSA) is 127 Å². The van der Waals surface area contributed by atoms with Crippen LogP contribution in [0.15, 0.2) is 39.0 Å². The Labute approximate surface area is 219 Å². The fourth-order valence-corrected chi connectivity index (χ4v) is 5.71. The SMILES string of the molecule is Cc1cc(C)nc(SCCCN2C(N3CCN(C(=O)c4ccco4)CC3)=NC3C2C(=O)NC(=O)N3C)n1. The van der Waals surface area contributed by atoms with Gasteiger partial charge in [0.15, 0.2) is 29.1 Å². The van der Waals surface area contributed by atoms with Gasteiger partial charge in [0.1, 0.15) is 0 Å². The van der Waals surface area contributed by atoms with Crippen LogP contribution in [0.4, 0.5) is 4.79 Å². The second-order valence-electron chi connectivity index (χ2n) is 9.28. The van der Waals surface area contributed by atoms with Crippen molar-refractivity contribution in [3.63, 3.8) is 0 Å². The van der Waals surface area contributed by atoms with Gasteiger partial charge in [0.25, 0.3) is 11.8 Å². The Bertz CT molecular complexity index is 1190. The minimum absolute atomic E-state index is 0.140. The molecule has 2 unspecified atom stereocenters. The molecule has 0 aromatic carbocycles. The molecule has 12 nitrogen and oxygen atoms in total. The highest BCUT2D eigenvalue weighted by molar-refractivity contribution is 7.99. The number of carbonyl (C=O) groups excluding carboxylic acids is 3. The van der Waals surface area contributed by atoms with Crippen LogP contribution in [0, 0.1) is 13.8 Å². The Morgan fingerprint density at radius 3 is 2.57 bits per heavy atom. The highest BCUT2D eigenvalue weighted by Crippen LogP contribution is 2.27. The van der Waals surface area contributed by atoms with E-state index >= 15 is 0 Å². The van der Waals surface area contributed by atoms with Crippen molar-refractivity contribution in [2.75, 3.05) is 45.5 Å². The maximum atomic E-state index is 12.9. The number of rotatable bonds is 6. The third kappa shape index (κ3) is 5.13. The highest BCUT2D eigenvalue weighted by Gasteiger charge is 2.49. The Balaban J connectivity index is 1.26. The number of likely N-dealkylation sites (N-methyl/N-ethyl adjacent to an activating group) is 1. The number of amides is 4. The number of thioether (sulfide) groups is 1. The summed E-state index contributed by atoms with van der Waals surface area (Å²) in [7, 11) is 1.65. The summed E-state index contributed by atoms with van der Waals surface area (Å²) in [5.41, 5.74) is 1.87. The van der Waals surface area contributed by atoms with Gasteiger partial charge in [-0.25, -0.2) is 19.8 Å². The highest BCUT2D eigenvalue weighted by atomic mass is 32.2. The van der Waals surface area contributed by atoms with Crippen LogP contribution in [0.5, 0.6) is 0 Å². The van der Waals surface area contributed by atoms with Gasteiger partial charge < -0.3 is 24.0 Å². The molecule has 2 aromatic rings. The van der Waals surface area contributed by atoms with Crippen LogP contribution < -0.4 is 5.32 Å². The standard InChI is InChI=1S/C24H30N8O4S/c1-15-14-16(2)26-22(25-15)37-13-5-7-32-18-19(29(3)24(35)28-20(18)33)27-23(32)31-10-8-30(9-11-31)21(34)17-6-4-12-36-17/h4,6,12,14,18-19H,5,7-11,13H2,1-3H3,(H,28,33,35). The zero-order valence-corrected chi connectivity index (χ0v) is 21.9. The number of nitrogens with zero attached hydrogens (tertiary/aromatic N) is 7. The number of nitrogens with one attached hydrogen (secondary N) is 1. The second kappa shape index (κ2) is 10.4. The number of carbonyl (C=O) groups is 3. The van der Waals surface area contributed by atoms with Gasteiger partial charge in [0, 0.05) is 56.9 Å². The van der Waals surface area contributed by atoms with Gasteiger partial charge in [0.2, 0.25) is 0 Å². The van der Waals surface area contributed by atoms with Crippen molar-refractivity contribution in [2.45, 2.75) is 37.6 Å². The molecule has 0 spiro atoms. The minimum Gasteiger partial charge on any atom is -0.459 e. The number of hydrogen-bond donors (Lipinski definition) is 1. The van der Waals surface area contributed by atoms with E-state index in [0.717, 1.165) is 28.7 Å². The molecule has 2 aromatic heterocycles. The van der Waals surface area contributed by atoms with Crippen molar-refractivity contribution in [1.29, 1.82) is 0 Å². The number of aliphatic imine (C=N–C) groups is 1. The van der Waals surface area contributed by atoms with Gasteiger partial charge in [-0.2, -0.15) is 0 Å². The maximum absolute atomic E-state index is 12.9. The van der Waals surface area contributed by atoms with E-state index in [1.165, 1.54) is 11.2 Å². The molecule has 3 aliphatic rings. The Morgan fingerprint density at radius 1 is 1.16 bits per heavy atom. The van der Waals surface area contributed by atoms with Crippen molar-refractivity contribution in [3.05, 3.63) is 41.6 Å². The lowest BCUT2D eigenvalue weighted by Crippen LogP contribution is -2.64. The number of furan rings is 1. The zero-order valence-electron chi connectivity index (χ0n) is 21.1. The lowest BCUT2D eigenvalue weighted by molar-refractivity contribution is -0.127. The molecule has 37 heavy (non-hydrogen) atoms. The van der Waals surface area contributed by atoms with Gasteiger partial charge in [0.05, 0.1) is 6.26 Å². The molecule has 3 aliphatic heterocycles. The third-order valence-electron chi connectivity index (χ3n) is 6.66. The van der Waals surface area contributed by atoms with Crippen LogP contribution in [-0.2, 0) is 4.79 Å². The number of aryl methyl sites for hydroxylation is 2. The summed E-state index contributed by atoms with van der Waals surface area (Å²) in [4.78, 5) is 59.0. The molecular weight excluding hydrogens is 496 g/mol. The summed E-state index contributed by atoms with van der Waals surface area (Å²) in [6, 6.07) is 4.26. The maximum Gasteiger partial charge on any atom is 0.325 e. The molecule has 2 fully saturated rings. The normalized spacial score (nSPS) is 21.8. The predicted octanol–water partition coefficient (Wildman–Crippen LogP) is 1.17. The van der Waals surface area contributed by atoms with E-state index in [0.29, 0.717) is 44.4 Å². The van der Waals surface area contributed by atoms with Crippen LogP contribution >= 0.6 is 11.8 Å². The van der Waals surface area contributed by atoms with E-state index in [2.05, 4.69) is 20.2 Å². The zero-order chi connectivity index (χ0) is 26.1.